The summed E-state index contributed by atoms with van der Waals surface area (Å²) in [7, 11) is 0. The van der Waals surface area contributed by atoms with Crippen molar-refractivity contribution in [2.24, 2.45) is 0 Å². The van der Waals surface area contributed by atoms with Crippen LogP contribution in [0, 0.1) is 0 Å². The highest BCUT2D eigenvalue weighted by molar-refractivity contribution is 7.98. The molecule has 1 amide bonds. The molecule has 2 heterocycles. The van der Waals surface area contributed by atoms with Gasteiger partial charge in [-0.2, -0.15) is 0 Å². The van der Waals surface area contributed by atoms with Crippen LogP contribution in [0.3, 0.4) is 0 Å². The quantitative estimate of drug-likeness (QED) is 0.643. The van der Waals surface area contributed by atoms with E-state index in [9.17, 15) is 14.4 Å². The Kier molecular flexibility index (Phi) is 5.69. The summed E-state index contributed by atoms with van der Waals surface area (Å²) in [5.41, 5.74) is 0.543. The summed E-state index contributed by atoms with van der Waals surface area (Å²) >= 11 is 1.61. The smallest absolute Gasteiger partial charge is 0.322 e. The van der Waals surface area contributed by atoms with E-state index in [2.05, 4.69) is 15.3 Å². The second-order valence-electron chi connectivity index (χ2n) is 6.63. The lowest BCUT2D eigenvalue weighted by Crippen LogP contribution is -2.32. The summed E-state index contributed by atoms with van der Waals surface area (Å²) in [6.07, 6.45) is 1.98. The van der Waals surface area contributed by atoms with Crippen molar-refractivity contribution >= 4 is 34.4 Å². The number of hydrogen-bond donors (Lipinski definition) is 2. The number of pyridine rings is 1. The largest absolute Gasteiger partial charge is 0.329 e. The van der Waals surface area contributed by atoms with Crippen LogP contribution in [0.15, 0.2) is 44.8 Å². The molecule has 0 saturated heterocycles. The van der Waals surface area contributed by atoms with Crippen molar-refractivity contribution in [2.75, 3.05) is 11.6 Å². The molecule has 28 heavy (non-hydrogen) atoms. The summed E-state index contributed by atoms with van der Waals surface area (Å²) in [5, 5.41) is 2.95. The van der Waals surface area contributed by atoms with Crippen molar-refractivity contribution in [3.05, 3.63) is 62.4 Å². The number of carbonyl (C=O) groups is 1. The number of amides is 1. The van der Waals surface area contributed by atoms with E-state index in [1.807, 2.05) is 44.4 Å². The van der Waals surface area contributed by atoms with Crippen LogP contribution < -0.4 is 16.6 Å². The number of aromatic nitrogens is 3. The van der Waals surface area contributed by atoms with Gasteiger partial charge in [-0.15, -0.1) is 11.8 Å². The van der Waals surface area contributed by atoms with Crippen LogP contribution >= 0.6 is 11.8 Å². The Bertz CT molecular complexity index is 1150. The molecule has 3 aromatic rings. The minimum atomic E-state index is -0.615. The molecule has 0 aliphatic heterocycles. The monoisotopic (exact) mass is 398 g/mol. The van der Waals surface area contributed by atoms with Gasteiger partial charge in [0.05, 0.1) is 10.9 Å². The molecule has 2 N–H and O–H groups in total. The predicted octanol–water partition coefficient (Wildman–Crippen LogP) is 3.20. The lowest BCUT2D eigenvalue weighted by atomic mass is 10.0. The molecule has 1 aromatic carbocycles. The number of anilines is 1. The zero-order valence-electron chi connectivity index (χ0n) is 16.2. The number of aryl methyl sites for hydroxylation is 1. The number of thioether (sulfide) groups is 1. The highest BCUT2D eigenvalue weighted by atomic mass is 32.2. The molecule has 0 fully saturated rings. The van der Waals surface area contributed by atoms with Crippen molar-refractivity contribution in [2.45, 2.75) is 38.1 Å². The SMILES string of the molecule is CCn1c(=O)[nH]c(=O)c2c(C(=O)Nc3ccc(SC)cc3)cc(C(C)C)nc21. The number of nitrogens with zero attached hydrogens (tertiary/aromatic N) is 2. The van der Waals surface area contributed by atoms with E-state index in [0.717, 1.165) is 4.90 Å². The topological polar surface area (TPSA) is 96.9 Å². The standard InChI is InChI=1S/C20H22N4O3S/c1-5-24-17-16(19(26)23-20(24)27)14(10-15(22-17)11(2)3)18(25)21-12-6-8-13(28-4)9-7-12/h6-11H,5H2,1-4H3,(H,21,25)(H,23,26,27). The maximum atomic E-state index is 13.0. The number of H-pyrrole nitrogens is 1. The summed E-state index contributed by atoms with van der Waals surface area (Å²) in [5.74, 6) is -0.394. The van der Waals surface area contributed by atoms with Gasteiger partial charge in [0.1, 0.15) is 0 Å². The van der Waals surface area contributed by atoms with Crippen LogP contribution in [0.1, 0.15) is 42.7 Å². The van der Waals surface area contributed by atoms with E-state index in [-0.39, 0.29) is 22.5 Å². The Balaban J connectivity index is 2.19. The van der Waals surface area contributed by atoms with Gasteiger partial charge in [-0.1, -0.05) is 13.8 Å². The zero-order chi connectivity index (χ0) is 20.4. The normalized spacial score (nSPS) is 11.2. The molecular formula is C20H22N4O3S. The van der Waals surface area contributed by atoms with Gasteiger partial charge in [0.2, 0.25) is 0 Å². The van der Waals surface area contributed by atoms with E-state index < -0.39 is 17.2 Å². The van der Waals surface area contributed by atoms with Crippen molar-refractivity contribution < 1.29 is 4.79 Å². The molecule has 146 valence electrons. The summed E-state index contributed by atoms with van der Waals surface area (Å²) in [4.78, 5) is 45.6. The number of rotatable bonds is 5. The fourth-order valence-corrected chi connectivity index (χ4v) is 3.34. The molecule has 0 aliphatic rings. The number of aromatic amines is 1. The first-order valence-electron chi connectivity index (χ1n) is 8.98. The molecule has 0 spiro atoms. The average Bonchev–Trinajstić information content (AvgIpc) is 2.67. The number of carbonyl (C=O) groups excluding carboxylic acids is 1. The molecule has 0 aliphatic carbocycles. The third kappa shape index (κ3) is 3.73. The molecule has 0 unspecified atom stereocenters. The Labute approximate surface area is 166 Å². The van der Waals surface area contributed by atoms with Gasteiger partial charge in [0.15, 0.2) is 5.65 Å². The third-order valence-corrected chi connectivity index (χ3v) is 5.21. The van der Waals surface area contributed by atoms with Gasteiger partial charge in [-0.05, 0) is 49.4 Å². The minimum Gasteiger partial charge on any atom is -0.322 e. The second kappa shape index (κ2) is 8.02. The molecule has 0 bridgehead atoms. The Morgan fingerprint density at radius 2 is 1.93 bits per heavy atom. The van der Waals surface area contributed by atoms with Crippen molar-refractivity contribution in [1.29, 1.82) is 0 Å². The van der Waals surface area contributed by atoms with Gasteiger partial charge in [0, 0.05) is 22.8 Å². The Hall–Kier alpha value is -2.87. The fourth-order valence-electron chi connectivity index (χ4n) is 2.93. The summed E-state index contributed by atoms with van der Waals surface area (Å²) in [6, 6.07) is 9.06. The van der Waals surface area contributed by atoms with E-state index in [1.165, 1.54) is 4.57 Å². The van der Waals surface area contributed by atoms with Crippen molar-refractivity contribution in [3.8, 4) is 0 Å². The molecule has 7 nitrogen and oxygen atoms in total. The predicted molar refractivity (Wildman–Crippen MR) is 113 cm³/mol. The number of benzene rings is 1. The minimum absolute atomic E-state index is 0.0245. The van der Waals surface area contributed by atoms with Crippen LogP contribution in [0.2, 0.25) is 0 Å². The number of nitrogens with one attached hydrogen (secondary N) is 2. The van der Waals surface area contributed by atoms with Crippen LogP contribution in [-0.4, -0.2) is 26.7 Å². The van der Waals surface area contributed by atoms with Crippen molar-refractivity contribution in [1.82, 2.24) is 14.5 Å². The van der Waals surface area contributed by atoms with E-state index in [4.69, 9.17) is 0 Å². The average molecular weight is 398 g/mol. The van der Waals surface area contributed by atoms with Crippen LogP contribution in [0.4, 0.5) is 5.69 Å². The van der Waals surface area contributed by atoms with Gasteiger partial charge in [-0.25, -0.2) is 9.78 Å². The third-order valence-electron chi connectivity index (χ3n) is 4.47. The summed E-state index contributed by atoms with van der Waals surface area (Å²) in [6.45, 7) is 6.00. The summed E-state index contributed by atoms with van der Waals surface area (Å²) < 4.78 is 1.37. The molecule has 0 atom stereocenters. The maximum Gasteiger partial charge on any atom is 0.329 e. The first-order chi connectivity index (χ1) is 13.3. The maximum absolute atomic E-state index is 13.0. The second-order valence-corrected chi connectivity index (χ2v) is 7.51. The molecule has 0 saturated carbocycles. The van der Waals surface area contributed by atoms with Gasteiger partial charge >= 0.3 is 5.69 Å². The number of fused-ring (bicyclic) bond motifs is 1. The van der Waals surface area contributed by atoms with Gasteiger partial charge < -0.3 is 5.32 Å². The molecular weight excluding hydrogens is 376 g/mol. The highest BCUT2D eigenvalue weighted by Gasteiger charge is 2.20. The fraction of sp³-hybridized carbons (Fsp3) is 0.300. The van der Waals surface area contributed by atoms with Crippen LogP contribution in [0.5, 0.6) is 0 Å². The lowest BCUT2D eigenvalue weighted by molar-refractivity contribution is 0.102. The van der Waals surface area contributed by atoms with E-state index in [0.29, 0.717) is 17.9 Å². The Morgan fingerprint density at radius 3 is 2.50 bits per heavy atom. The number of hydrogen-bond acceptors (Lipinski definition) is 5. The van der Waals surface area contributed by atoms with Gasteiger partial charge in [-0.3, -0.25) is 19.1 Å². The highest BCUT2D eigenvalue weighted by Crippen LogP contribution is 2.22. The van der Waals surface area contributed by atoms with Crippen molar-refractivity contribution in [3.63, 3.8) is 0 Å². The first kappa shape index (κ1) is 19.9. The zero-order valence-corrected chi connectivity index (χ0v) is 17.0. The van der Waals surface area contributed by atoms with Crippen LogP contribution in [-0.2, 0) is 6.54 Å². The molecule has 2 aromatic heterocycles. The Morgan fingerprint density at radius 1 is 1.25 bits per heavy atom. The van der Waals surface area contributed by atoms with Crippen LogP contribution in [0.25, 0.3) is 11.0 Å². The molecule has 8 heteroatoms. The first-order valence-corrected chi connectivity index (χ1v) is 10.2. The van der Waals surface area contributed by atoms with E-state index >= 15 is 0 Å². The van der Waals surface area contributed by atoms with E-state index in [1.54, 1.807) is 24.8 Å². The molecule has 3 rings (SSSR count). The molecule has 0 radical (unpaired) electrons. The lowest BCUT2D eigenvalue weighted by Gasteiger charge is -2.14. The van der Waals surface area contributed by atoms with Gasteiger partial charge in [0.25, 0.3) is 11.5 Å².